The number of rotatable bonds is 7. The highest BCUT2D eigenvalue weighted by atomic mass is 16.5. The summed E-state index contributed by atoms with van der Waals surface area (Å²) in [6.07, 6.45) is 3.52. The molecule has 0 aliphatic carbocycles. The van der Waals surface area contributed by atoms with Gasteiger partial charge in [-0.15, -0.1) is 0 Å². The molecule has 0 atom stereocenters. The highest BCUT2D eigenvalue weighted by Gasteiger charge is 2.15. The number of aromatic nitrogens is 6. The van der Waals surface area contributed by atoms with Gasteiger partial charge < -0.3 is 15.4 Å². The molecule has 3 heterocycles. The molecule has 5 rings (SSSR count). The summed E-state index contributed by atoms with van der Waals surface area (Å²) in [5, 5.41) is 14.9. The van der Waals surface area contributed by atoms with E-state index in [4.69, 9.17) is 4.74 Å². The number of carbonyl (C=O) groups excluding carboxylic acids is 1. The van der Waals surface area contributed by atoms with Crippen LogP contribution in [0.15, 0.2) is 79.1 Å². The van der Waals surface area contributed by atoms with Gasteiger partial charge in [-0.05, 0) is 55.5 Å². The summed E-state index contributed by atoms with van der Waals surface area (Å²) >= 11 is 0. The van der Waals surface area contributed by atoms with Crippen molar-refractivity contribution in [2.24, 2.45) is 7.05 Å². The highest BCUT2D eigenvalue weighted by Crippen LogP contribution is 2.24. The molecule has 2 aromatic carbocycles. The third-order valence-electron chi connectivity index (χ3n) is 5.46. The van der Waals surface area contributed by atoms with Crippen LogP contribution in [-0.2, 0) is 7.05 Å². The average Bonchev–Trinajstić information content (AvgIpc) is 3.55. The maximum atomic E-state index is 12.9. The van der Waals surface area contributed by atoms with Crippen LogP contribution in [0.3, 0.4) is 0 Å². The van der Waals surface area contributed by atoms with Crippen LogP contribution in [0.25, 0.3) is 17.1 Å². The Balaban J connectivity index is 1.28. The van der Waals surface area contributed by atoms with Crippen molar-refractivity contribution >= 4 is 23.1 Å². The molecule has 5 aromatic rings. The number of methoxy groups -OCH3 is 1. The summed E-state index contributed by atoms with van der Waals surface area (Å²) in [5.41, 5.74) is 3.48. The predicted octanol–water partition coefficient (Wildman–Crippen LogP) is 4.38. The van der Waals surface area contributed by atoms with Crippen LogP contribution < -0.4 is 15.4 Å². The minimum absolute atomic E-state index is 0.254. The lowest BCUT2D eigenvalue weighted by atomic mass is 10.1. The van der Waals surface area contributed by atoms with Crippen LogP contribution in [0.1, 0.15) is 16.3 Å². The fourth-order valence-corrected chi connectivity index (χ4v) is 3.72. The van der Waals surface area contributed by atoms with E-state index in [0.29, 0.717) is 34.5 Å². The van der Waals surface area contributed by atoms with E-state index in [0.717, 1.165) is 17.0 Å². The first-order valence-corrected chi connectivity index (χ1v) is 11.2. The van der Waals surface area contributed by atoms with Gasteiger partial charge in [-0.25, -0.2) is 14.6 Å². The highest BCUT2D eigenvalue weighted by molar-refractivity contribution is 6.03. The van der Waals surface area contributed by atoms with Crippen molar-refractivity contribution in [2.45, 2.75) is 6.92 Å². The molecule has 180 valence electrons. The number of nitrogens with zero attached hydrogens (tertiary/aromatic N) is 6. The van der Waals surface area contributed by atoms with E-state index in [9.17, 15) is 4.79 Å². The summed E-state index contributed by atoms with van der Waals surface area (Å²) in [6, 6.07) is 20.3. The summed E-state index contributed by atoms with van der Waals surface area (Å²) in [5.74, 6) is 2.41. The zero-order valence-corrected chi connectivity index (χ0v) is 20.0. The molecular weight excluding hydrogens is 456 g/mol. The Kier molecular flexibility index (Phi) is 6.14. The van der Waals surface area contributed by atoms with E-state index in [2.05, 4.69) is 30.8 Å². The number of ether oxygens (including phenoxy) is 1. The van der Waals surface area contributed by atoms with Crippen LogP contribution in [0.2, 0.25) is 0 Å². The van der Waals surface area contributed by atoms with Crippen LogP contribution in [0, 0.1) is 6.92 Å². The lowest BCUT2D eigenvalue weighted by molar-refractivity contribution is 0.101. The molecule has 0 unspecified atom stereocenters. The van der Waals surface area contributed by atoms with Gasteiger partial charge in [0.25, 0.3) is 5.91 Å². The second kappa shape index (κ2) is 9.71. The number of amides is 1. The van der Waals surface area contributed by atoms with E-state index in [1.165, 1.54) is 0 Å². The molecule has 3 aromatic heterocycles. The van der Waals surface area contributed by atoms with Crippen LogP contribution in [0.5, 0.6) is 5.75 Å². The Morgan fingerprint density at radius 1 is 0.972 bits per heavy atom. The first-order chi connectivity index (χ1) is 17.5. The third kappa shape index (κ3) is 4.92. The Labute approximate surface area is 207 Å². The number of aryl methyl sites for hydroxylation is 2. The quantitative estimate of drug-likeness (QED) is 0.356. The van der Waals surface area contributed by atoms with Gasteiger partial charge in [0.1, 0.15) is 23.1 Å². The van der Waals surface area contributed by atoms with Crippen molar-refractivity contribution in [2.75, 3.05) is 17.7 Å². The van der Waals surface area contributed by atoms with Crippen LogP contribution >= 0.6 is 0 Å². The fourth-order valence-electron chi connectivity index (χ4n) is 3.72. The van der Waals surface area contributed by atoms with Gasteiger partial charge in [0.15, 0.2) is 5.82 Å². The molecule has 0 fully saturated rings. The summed E-state index contributed by atoms with van der Waals surface area (Å²) < 4.78 is 8.53. The number of carbonyl (C=O) groups is 1. The maximum absolute atomic E-state index is 12.9. The first kappa shape index (κ1) is 22.8. The van der Waals surface area contributed by atoms with E-state index in [-0.39, 0.29) is 5.91 Å². The maximum Gasteiger partial charge on any atom is 0.273 e. The standard InChI is InChI=1S/C26H24N8O2/c1-17-28-24(16-25(29-17)34-13-5-12-27-34)30-19-8-10-20(11-9-19)31-26(35)23-15-22(32-33(23)2)18-6-4-7-21(14-18)36-3/h4-16H,1-3H3,(H,31,35)(H,28,29,30). The molecule has 0 aliphatic rings. The number of hydrogen-bond donors (Lipinski definition) is 2. The number of nitrogens with one attached hydrogen (secondary N) is 2. The van der Waals surface area contributed by atoms with Crippen molar-refractivity contribution in [1.29, 1.82) is 0 Å². The molecule has 0 aliphatic heterocycles. The molecule has 36 heavy (non-hydrogen) atoms. The Morgan fingerprint density at radius 3 is 2.53 bits per heavy atom. The number of anilines is 3. The van der Waals surface area contributed by atoms with Gasteiger partial charge in [0, 0.05) is 42.4 Å². The van der Waals surface area contributed by atoms with Crippen molar-refractivity contribution in [3.05, 3.63) is 90.6 Å². The molecule has 2 N–H and O–H groups in total. The molecule has 0 radical (unpaired) electrons. The van der Waals surface area contributed by atoms with E-state index >= 15 is 0 Å². The molecule has 0 spiro atoms. The van der Waals surface area contributed by atoms with Crippen LogP contribution in [0.4, 0.5) is 17.2 Å². The van der Waals surface area contributed by atoms with E-state index in [1.54, 1.807) is 35.8 Å². The van der Waals surface area contributed by atoms with Crippen molar-refractivity contribution in [3.63, 3.8) is 0 Å². The fraction of sp³-hybridized carbons (Fsp3) is 0.115. The zero-order chi connectivity index (χ0) is 25.1. The van der Waals surface area contributed by atoms with Crippen molar-refractivity contribution < 1.29 is 9.53 Å². The van der Waals surface area contributed by atoms with Crippen LogP contribution in [-0.4, -0.2) is 42.5 Å². The third-order valence-corrected chi connectivity index (χ3v) is 5.46. The summed E-state index contributed by atoms with van der Waals surface area (Å²) in [6.45, 7) is 1.83. The van der Waals surface area contributed by atoms with Gasteiger partial charge in [-0.1, -0.05) is 12.1 Å². The molecule has 0 bridgehead atoms. The number of benzene rings is 2. The SMILES string of the molecule is COc1cccc(-c2cc(C(=O)Nc3ccc(Nc4cc(-n5cccn5)nc(C)n4)cc3)n(C)n2)c1. The Bertz CT molecular complexity index is 1510. The van der Waals surface area contributed by atoms with Gasteiger partial charge in [-0.3, -0.25) is 9.48 Å². The number of hydrogen-bond acceptors (Lipinski definition) is 7. The topological polar surface area (TPSA) is 112 Å². The molecule has 0 saturated carbocycles. The second-order valence-electron chi connectivity index (χ2n) is 8.04. The Morgan fingerprint density at radius 2 is 1.78 bits per heavy atom. The van der Waals surface area contributed by atoms with E-state index < -0.39 is 0 Å². The van der Waals surface area contributed by atoms with Gasteiger partial charge in [-0.2, -0.15) is 10.2 Å². The molecule has 10 nitrogen and oxygen atoms in total. The van der Waals surface area contributed by atoms with Gasteiger partial charge in [0.05, 0.1) is 12.8 Å². The van der Waals surface area contributed by atoms with Gasteiger partial charge >= 0.3 is 0 Å². The molecule has 10 heteroatoms. The predicted molar refractivity (Wildman–Crippen MR) is 137 cm³/mol. The summed E-state index contributed by atoms with van der Waals surface area (Å²) in [4.78, 5) is 21.8. The monoisotopic (exact) mass is 480 g/mol. The average molecular weight is 481 g/mol. The molecule has 1 amide bonds. The minimum atomic E-state index is -0.254. The molecule has 0 saturated heterocycles. The van der Waals surface area contributed by atoms with E-state index in [1.807, 2.05) is 73.8 Å². The lowest BCUT2D eigenvalue weighted by Gasteiger charge is -2.10. The van der Waals surface area contributed by atoms with Gasteiger partial charge in [0.2, 0.25) is 0 Å². The lowest BCUT2D eigenvalue weighted by Crippen LogP contribution is -2.16. The first-order valence-electron chi connectivity index (χ1n) is 11.2. The molecular formula is C26H24N8O2. The Hall–Kier alpha value is -4.99. The zero-order valence-electron chi connectivity index (χ0n) is 20.0. The summed E-state index contributed by atoms with van der Waals surface area (Å²) in [7, 11) is 3.36. The largest absolute Gasteiger partial charge is 0.497 e. The smallest absolute Gasteiger partial charge is 0.273 e. The normalized spacial score (nSPS) is 10.8. The van der Waals surface area contributed by atoms with Crippen molar-refractivity contribution in [3.8, 4) is 22.8 Å². The second-order valence-corrected chi connectivity index (χ2v) is 8.04. The van der Waals surface area contributed by atoms with Crippen molar-refractivity contribution in [1.82, 2.24) is 29.5 Å². The minimum Gasteiger partial charge on any atom is -0.497 e.